The van der Waals surface area contributed by atoms with E-state index in [4.69, 9.17) is 0 Å². The Bertz CT molecular complexity index is 564. The maximum atomic E-state index is 2.26. The molecular weight excluding hydrogens is 240 g/mol. The molecule has 2 aliphatic rings. The molecule has 0 spiro atoms. The molecule has 2 fully saturated rings. The predicted octanol–water partition coefficient (Wildman–Crippen LogP) is 4.81. The van der Waals surface area contributed by atoms with E-state index in [1.165, 1.54) is 36.8 Å². The van der Waals surface area contributed by atoms with Gasteiger partial charge in [-0.25, -0.2) is 0 Å². The lowest BCUT2D eigenvalue weighted by atomic mass is 10.1. The van der Waals surface area contributed by atoms with Crippen molar-refractivity contribution in [3.05, 3.63) is 82.9 Å². The van der Waals surface area contributed by atoms with Gasteiger partial charge in [0.25, 0.3) is 0 Å². The second-order valence-corrected chi connectivity index (χ2v) is 6.23. The first kappa shape index (κ1) is 12.0. The summed E-state index contributed by atoms with van der Waals surface area (Å²) in [6.45, 7) is 0. The summed E-state index contributed by atoms with van der Waals surface area (Å²) in [6, 6.07) is 21.9. The van der Waals surface area contributed by atoms with Crippen molar-refractivity contribution in [2.45, 2.75) is 25.7 Å². The lowest BCUT2D eigenvalue weighted by Gasteiger charge is -1.97. The molecule has 100 valence electrons. The van der Waals surface area contributed by atoms with E-state index in [9.17, 15) is 0 Å². The molecule has 0 aromatic heterocycles. The van der Waals surface area contributed by atoms with Crippen LogP contribution >= 0.6 is 0 Å². The summed E-state index contributed by atoms with van der Waals surface area (Å²) >= 11 is 0. The van der Waals surface area contributed by atoms with Gasteiger partial charge in [-0.2, -0.15) is 0 Å². The quantitative estimate of drug-likeness (QED) is 0.692. The van der Waals surface area contributed by atoms with E-state index < -0.39 is 0 Å². The van der Waals surface area contributed by atoms with Gasteiger partial charge >= 0.3 is 0 Å². The molecule has 0 radical (unpaired) electrons. The third-order valence-corrected chi connectivity index (χ3v) is 4.66. The van der Waals surface area contributed by atoms with Gasteiger partial charge in [0, 0.05) is 0 Å². The zero-order chi connectivity index (χ0) is 13.4. The number of allylic oxidation sites excluding steroid dienone is 2. The molecule has 0 bridgehead atoms. The van der Waals surface area contributed by atoms with E-state index >= 15 is 0 Å². The lowest BCUT2D eigenvalue weighted by molar-refractivity contribution is 0.847. The van der Waals surface area contributed by atoms with Crippen LogP contribution in [0.15, 0.2) is 71.8 Å². The Labute approximate surface area is 121 Å². The molecule has 0 N–H and O–H groups in total. The predicted molar refractivity (Wildman–Crippen MR) is 83.5 cm³/mol. The van der Waals surface area contributed by atoms with E-state index in [1.54, 1.807) is 11.1 Å². The Morgan fingerprint density at radius 1 is 0.600 bits per heavy atom. The average molecular weight is 260 g/mol. The van der Waals surface area contributed by atoms with Crippen LogP contribution in [0.25, 0.3) is 0 Å². The summed E-state index contributed by atoms with van der Waals surface area (Å²) in [6.07, 6.45) is 5.21. The van der Waals surface area contributed by atoms with E-state index in [1.807, 2.05) is 0 Å². The fourth-order valence-electron chi connectivity index (χ4n) is 3.39. The Kier molecular flexibility index (Phi) is 2.95. The molecule has 20 heavy (non-hydrogen) atoms. The summed E-state index contributed by atoms with van der Waals surface area (Å²) in [5.74, 6) is 1.71. The molecule has 2 aliphatic carbocycles. The minimum absolute atomic E-state index is 0.855. The highest BCUT2D eigenvalue weighted by Gasteiger charge is 2.41. The fraction of sp³-hybridized carbons (Fsp3) is 0.300. The summed E-state index contributed by atoms with van der Waals surface area (Å²) < 4.78 is 0. The van der Waals surface area contributed by atoms with Crippen LogP contribution < -0.4 is 0 Å². The minimum atomic E-state index is 0.855. The highest BCUT2D eigenvalue weighted by Crippen LogP contribution is 2.54. The molecule has 0 heteroatoms. The Morgan fingerprint density at radius 2 is 1.00 bits per heavy atom. The molecule has 2 aromatic carbocycles. The van der Waals surface area contributed by atoms with Crippen molar-refractivity contribution in [2.75, 3.05) is 0 Å². The molecule has 0 saturated heterocycles. The van der Waals surface area contributed by atoms with Crippen molar-refractivity contribution in [3.63, 3.8) is 0 Å². The van der Waals surface area contributed by atoms with Crippen LogP contribution in [0, 0.1) is 11.8 Å². The first-order chi connectivity index (χ1) is 9.90. The zero-order valence-electron chi connectivity index (χ0n) is 11.8. The van der Waals surface area contributed by atoms with E-state index in [2.05, 4.69) is 60.7 Å². The van der Waals surface area contributed by atoms with Gasteiger partial charge in [0.1, 0.15) is 0 Å². The Hall–Kier alpha value is -1.82. The van der Waals surface area contributed by atoms with Crippen LogP contribution in [0.5, 0.6) is 0 Å². The summed E-state index contributed by atoms with van der Waals surface area (Å²) in [4.78, 5) is 0. The minimum Gasteiger partial charge on any atom is -0.0663 e. The van der Waals surface area contributed by atoms with Crippen molar-refractivity contribution < 1.29 is 0 Å². The normalized spacial score (nSPS) is 27.4. The average Bonchev–Trinajstić information content (AvgIpc) is 3.38. The molecule has 0 amide bonds. The first-order valence-corrected chi connectivity index (χ1v) is 7.70. The molecule has 0 heterocycles. The van der Waals surface area contributed by atoms with Crippen molar-refractivity contribution in [1.29, 1.82) is 0 Å². The molecule has 2 saturated carbocycles. The third kappa shape index (κ3) is 2.56. The van der Waals surface area contributed by atoms with Crippen LogP contribution in [0.1, 0.15) is 24.0 Å². The van der Waals surface area contributed by atoms with Crippen molar-refractivity contribution in [2.24, 2.45) is 11.8 Å². The number of hydrogen-bond acceptors (Lipinski definition) is 0. The van der Waals surface area contributed by atoms with Crippen molar-refractivity contribution >= 4 is 0 Å². The van der Waals surface area contributed by atoms with Crippen LogP contribution in [-0.2, 0) is 12.8 Å². The second kappa shape index (κ2) is 4.94. The van der Waals surface area contributed by atoms with Crippen LogP contribution in [-0.4, -0.2) is 0 Å². The smallest absolute Gasteiger partial charge is 0.0122 e. The first-order valence-electron chi connectivity index (χ1n) is 7.70. The van der Waals surface area contributed by atoms with Gasteiger partial charge in [-0.3, -0.25) is 0 Å². The number of benzene rings is 2. The highest BCUT2D eigenvalue weighted by atomic mass is 14.5. The van der Waals surface area contributed by atoms with Gasteiger partial charge < -0.3 is 0 Å². The van der Waals surface area contributed by atoms with Gasteiger partial charge in [-0.1, -0.05) is 71.8 Å². The van der Waals surface area contributed by atoms with Crippen molar-refractivity contribution in [3.8, 4) is 0 Å². The number of rotatable bonds is 4. The number of hydrogen-bond donors (Lipinski definition) is 0. The van der Waals surface area contributed by atoms with Gasteiger partial charge in [-0.05, 0) is 48.6 Å². The third-order valence-electron chi connectivity index (χ3n) is 4.66. The van der Waals surface area contributed by atoms with E-state index in [-0.39, 0.29) is 0 Å². The topological polar surface area (TPSA) is 0 Å². The zero-order valence-corrected chi connectivity index (χ0v) is 11.8. The van der Waals surface area contributed by atoms with Gasteiger partial charge in [0.15, 0.2) is 0 Å². The Morgan fingerprint density at radius 3 is 1.40 bits per heavy atom. The summed E-state index contributed by atoms with van der Waals surface area (Å²) in [5, 5.41) is 0. The van der Waals surface area contributed by atoms with E-state index in [0.717, 1.165) is 11.8 Å². The van der Waals surface area contributed by atoms with Gasteiger partial charge in [0.05, 0.1) is 0 Å². The molecule has 2 atom stereocenters. The molecule has 0 aliphatic heterocycles. The highest BCUT2D eigenvalue weighted by molar-refractivity contribution is 5.42. The maximum Gasteiger partial charge on any atom is -0.0122 e. The fourth-order valence-corrected chi connectivity index (χ4v) is 3.39. The standard InChI is InChI=1S/C20H20/c1-3-7-15(8-4-1)11-17-13-19(17)20-14-18(20)12-16-9-5-2-6-10-16/h1-10,17-18H,11-14H2/b20-19-. The molecule has 0 nitrogen and oxygen atoms in total. The monoisotopic (exact) mass is 260 g/mol. The second-order valence-electron chi connectivity index (χ2n) is 6.23. The Balaban J connectivity index is 1.37. The van der Waals surface area contributed by atoms with Gasteiger partial charge in [-0.15, -0.1) is 0 Å². The molecule has 2 unspecified atom stereocenters. The summed E-state index contributed by atoms with van der Waals surface area (Å²) in [7, 11) is 0. The van der Waals surface area contributed by atoms with Crippen molar-refractivity contribution in [1.82, 2.24) is 0 Å². The summed E-state index contributed by atoms with van der Waals surface area (Å²) in [5.41, 5.74) is 6.56. The van der Waals surface area contributed by atoms with E-state index in [0.29, 0.717) is 0 Å². The molecule has 2 aromatic rings. The van der Waals surface area contributed by atoms with Gasteiger partial charge in [0.2, 0.25) is 0 Å². The molecule has 4 rings (SSSR count). The van der Waals surface area contributed by atoms with Crippen LogP contribution in [0.2, 0.25) is 0 Å². The lowest BCUT2D eigenvalue weighted by Crippen LogP contribution is -1.87. The van der Waals surface area contributed by atoms with Crippen LogP contribution in [0.3, 0.4) is 0 Å². The van der Waals surface area contributed by atoms with Crippen LogP contribution in [0.4, 0.5) is 0 Å². The molecular formula is C20H20. The SMILES string of the molecule is c1ccc(CC2C/C2=C2\CC2Cc2ccccc2)cc1. The largest absolute Gasteiger partial charge is 0.0663 e. The maximum absolute atomic E-state index is 2.26.